The summed E-state index contributed by atoms with van der Waals surface area (Å²) in [4.78, 5) is 7.78. The van der Waals surface area contributed by atoms with E-state index < -0.39 is 0 Å². The molecule has 5 nitrogen and oxygen atoms in total. The molecular formula is C30H43N5. The zero-order chi connectivity index (χ0) is 24.6. The summed E-state index contributed by atoms with van der Waals surface area (Å²) in [5.41, 5.74) is 7.91. The number of hydrogen-bond donors (Lipinski definition) is 0. The number of rotatable bonds is 11. The predicted octanol–water partition coefficient (Wildman–Crippen LogP) is 5.13. The van der Waals surface area contributed by atoms with Gasteiger partial charge in [-0.15, -0.1) is 0 Å². The van der Waals surface area contributed by atoms with Gasteiger partial charge in [-0.1, -0.05) is 50.6 Å². The second-order valence-corrected chi connectivity index (χ2v) is 9.86. The molecular weight excluding hydrogens is 430 g/mol. The Kier molecular flexibility index (Phi) is 9.00. The summed E-state index contributed by atoms with van der Waals surface area (Å²) in [5.74, 6) is 0. The van der Waals surface area contributed by atoms with Crippen LogP contribution in [-0.2, 0) is 12.8 Å². The summed E-state index contributed by atoms with van der Waals surface area (Å²) in [6.07, 6.45) is 3.20. The van der Waals surface area contributed by atoms with Crippen LogP contribution in [0.2, 0.25) is 0 Å². The van der Waals surface area contributed by atoms with Crippen LogP contribution in [0.15, 0.2) is 54.6 Å². The molecule has 0 N–H and O–H groups in total. The minimum Gasteiger partial charge on any atom is -0.369 e. The van der Waals surface area contributed by atoms with E-state index in [2.05, 4.69) is 102 Å². The highest BCUT2D eigenvalue weighted by molar-refractivity contribution is 5.56. The fourth-order valence-electron chi connectivity index (χ4n) is 5.10. The zero-order valence-electron chi connectivity index (χ0n) is 22.2. The lowest BCUT2D eigenvalue weighted by Crippen LogP contribution is -2.48. The second-order valence-electron chi connectivity index (χ2n) is 9.86. The molecule has 1 fully saturated rings. The number of piperazine rings is 1. The molecule has 1 aliphatic heterocycles. The van der Waals surface area contributed by atoms with E-state index >= 15 is 0 Å². The molecule has 4 rings (SSSR count). The van der Waals surface area contributed by atoms with Crippen molar-refractivity contribution in [3.63, 3.8) is 0 Å². The molecule has 0 atom stereocenters. The van der Waals surface area contributed by atoms with Gasteiger partial charge in [-0.3, -0.25) is 4.90 Å². The third-order valence-electron chi connectivity index (χ3n) is 7.49. The summed E-state index contributed by atoms with van der Waals surface area (Å²) in [7, 11) is 0. The van der Waals surface area contributed by atoms with E-state index in [-0.39, 0.29) is 0 Å². The van der Waals surface area contributed by atoms with Crippen molar-refractivity contribution in [1.82, 2.24) is 19.6 Å². The number of hydrogen-bond acceptors (Lipinski definition) is 4. The van der Waals surface area contributed by atoms with E-state index in [1.165, 1.54) is 28.2 Å². The number of aromatic nitrogens is 2. The van der Waals surface area contributed by atoms with Crippen LogP contribution in [0.5, 0.6) is 0 Å². The van der Waals surface area contributed by atoms with Gasteiger partial charge in [-0.25, -0.2) is 4.68 Å². The molecule has 1 saturated heterocycles. The Labute approximate surface area is 212 Å². The van der Waals surface area contributed by atoms with Crippen LogP contribution in [0, 0.1) is 13.8 Å². The van der Waals surface area contributed by atoms with E-state index in [1.54, 1.807) is 0 Å². The lowest BCUT2D eigenvalue weighted by molar-refractivity contribution is 0.202. The third kappa shape index (κ3) is 6.53. The first-order valence-electron chi connectivity index (χ1n) is 13.5. The van der Waals surface area contributed by atoms with Crippen LogP contribution in [0.1, 0.15) is 42.8 Å². The summed E-state index contributed by atoms with van der Waals surface area (Å²) in [6.45, 7) is 17.9. The van der Waals surface area contributed by atoms with E-state index in [1.807, 2.05) is 0 Å². The van der Waals surface area contributed by atoms with Gasteiger partial charge >= 0.3 is 0 Å². The van der Waals surface area contributed by atoms with Gasteiger partial charge in [0.25, 0.3) is 0 Å². The van der Waals surface area contributed by atoms with Crippen LogP contribution in [-0.4, -0.2) is 71.9 Å². The smallest absolute Gasteiger partial charge is 0.0648 e. The first-order valence-corrected chi connectivity index (χ1v) is 13.5. The fourth-order valence-corrected chi connectivity index (χ4v) is 5.10. The van der Waals surface area contributed by atoms with Crippen molar-refractivity contribution < 1.29 is 0 Å². The maximum absolute atomic E-state index is 4.98. The molecule has 0 radical (unpaired) electrons. The maximum atomic E-state index is 4.98. The summed E-state index contributed by atoms with van der Waals surface area (Å²) < 4.78 is 2.14. The number of likely N-dealkylation sites (N-methyl/N-ethyl adjacent to an activating group) is 1. The molecule has 35 heavy (non-hydrogen) atoms. The van der Waals surface area contributed by atoms with Crippen molar-refractivity contribution in [2.75, 3.05) is 57.3 Å². The standard InChI is InChI=1S/C30H43N5/c1-5-11-29-24-27(31-35(29)28-13-8-7-9-14-28)16-17-32(6-2)18-19-33-20-22-34(23-21-33)30-15-10-12-25(3)26(30)4/h7-10,12-15,24H,5-6,11,16-23H2,1-4H3. The number of anilines is 1. The zero-order valence-corrected chi connectivity index (χ0v) is 22.2. The van der Waals surface area contributed by atoms with Crippen molar-refractivity contribution in [3.8, 4) is 5.69 Å². The van der Waals surface area contributed by atoms with Crippen molar-refractivity contribution >= 4 is 5.69 Å². The van der Waals surface area contributed by atoms with Gasteiger partial charge in [0.2, 0.25) is 0 Å². The SMILES string of the molecule is CCCc1cc(CCN(CC)CCN2CCN(c3cccc(C)c3C)CC2)nn1-c1ccccc1. The Bertz CT molecular complexity index is 1050. The molecule has 2 heterocycles. The third-order valence-corrected chi connectivity index (χ3v) is 7.49. The molecule has 1 aromatic heterocycles. The highest BCUT2D eigenvalue weighted by Gasteiger charge is 2.19. The van der Waals surface area contributed by atoms with E-state index in [0.29, 0.717) is 0 Å². The molecule has 0 spiro atoms. The van der Waals surface area contributed by atoms with Gasteiger partial charge in [-0.05, 0) is 62.2 Å². The highest BCUT2D eigenvalue weighted by Crippen LogP contribution is 2.24. The molecule has 188 valence electrons. The molecule has 0 bridgehead atoms. The first kappa shape index (κ1) is 25.5. The molecule has 0 amide bonds. The van der Waals surface area contributed by atoms with Crippen molar-refractivity contribution in [3.05, 3.63) is 77.1 Å². The van der Waals surface area contributed by atoms with Crippen LogP contribution in [0.25, 0.3) is 5.69 Å². The largest absolute Gasteiger partial charge is 0.369 e. The van der Waals surface area contributed by atoms with Gasteiger partial charge in [0.1, 0.15) is 0 Å². The second kappa shape index (κ2) is 12.4. The van der Waals surface area contributed by atoms with E-state index in [9.17, 15) is 0 Å². The van der Waals surface area contributed by atoms with Crippen LogP contribution in [0.3, 0.4) is 0 Å². The van der Waals surface area contributed by atoms with Crippen molar-refractivity contribution in [1.29, 1.82) is 0 Å². The van der Waals surface area contributed by atoms with Crippen molar-refractivity contribution in [2.24, 2.45) is 0 Å². The van der Waals surface area contributed by atoms with E-state index in [4.69, 9.17) is 5.10 Å². The minimum atomic E-state index is 1.00. The Morgan fingerprint density at radius 1 is 0.857 bits per heavy atom. The molecule has 0 aliphatic carbocycles. The first-order chi connectivity index (χ1) is 17.1. The Balaban J connectivity index is 1.27. The highest BCUT2D eigenvalue weighted by atomic mass is 15.3. The summed E-state index contributed by atoms with van der Waals surface area (Å²) in [6, 6.07) is 19.5. The molecule has 2 aromatic carbocycles. The average Bonchev–Trinajstić information content (AvgIpc) is 3.30. The molecule has 1 aliphatic rings. The summed E-state index contributed by atoms with van der Waals surface area (Å²) >= 11 is 0. The number of para-hydroxylation sites is 1. The van der Waals surface area contributed by atoms with E-state index in [0.717, 1.165) is 77.3 Å². The number of benzene rings is 2. The molecule has 0 saturated carbocycles. The Morgan fingerprint density at radius 2 is 1.63 bits per heavy atom. The average molecular weight is 474 g/mol. The Morgan fingerprint density at radius 3 is 2.34 bits per heavy atom. The van der Waals surface area contributed by atoms with Crippen molar-refractivity contribution in [2.45, 2.75) is 47.0 Å². The maximum Gasteiger partial charge on any atom is 0.0648 e. The van der Waals surface area contributed by atoms with Crippen LogP contribution < -0.4 is 4.90 Å². The van der Waals surface area contributed by atoms with Gasteiger partial charge in [-0.2, -0.15) is 5.10 Å². The monoisotopic (exact) mass is 473 g/mol. The van der Waals surface area contributed by atoms with Crippen LogP contribution >= 0.6 is 0 Å². The quantitative estimate of drug-likeness (QED) is 0.386. The predicted molar refractivity (Wildman–Crippen MR) is 148 cm³/mol. The fraction of sp³-hybridized carbons (Fsp3) is 0.500. The molecule has 0 unspecified atom stereocenters. The van der Waals surface area contributed by atoms with Gasteiger partial charge in [0.05, 0.1) is 11.4 Å². The van der Waals surface area contributed by atoms with Gasteiger partial charge < -0.3 is 9.80 Å². The normalized spacial score (nSPS) is 14.7. The number of aryl methyl sites for hydroxylation is 2. The van der Waals surface area contributed by atoms with Gasteiger partial charge in [0, 0.05) is 63.6 Å². The van der Waals surface area contributed by atoms with Gasteiger partial charge in [0.15, 0.2) is 0 Å². The summed E-state index contributed by atoms with van der Waals surface area (Å²) in [5, 5.41) is 4.98. The topological polar surface area (TPSA) is 27.5 Å². The van der Waals surface area contributed by atoms with Crippen LogP contribution in [0.4, 0.5) is 5.69 Å². The lowest BCUT2D eigenvalue weighted by Gasteiger charge is -2.37. The molecule has 5 heteroatoms. The number of nitrogens with zero attached hydrogens (tertiary/aromatic N) is 5. The molecule has 3 aromatic rings. The lowest BCUT2D eigenvalue weighted by atomic mass is 10.1. The minimum absolute atomic E-state index is 1.00. The Hall–Kier alpha value is -2.63.